The second-order valence-corrected chi connectivity index (χ2v) is 4.31. The summed E-state index contributed by atoms with van der Waals surface area (Å²) in [5, 5.41) is 9.31. The third kappa shape index (κ3) is 3.52. The molecule has 1 unspecified atom stereocenters. The van der Waals surface area contributed by atoms with Gasteiger partial charge in [-0.1, -0.05) is 0 Å². The van der Waals surface area contributed by atoms with Crippen LogP contribution in [0, 0.1) is 0 Å². The molecule has 1 N–H and O–H groups in total. The number of phenols is 1. The highest BCUT2D eigenvalue weighted by atomic mass is 16.7. The Morgan fingerprint density at radius 2 is 1.76 bits per heavy atom. The Hall–Kier alpha value is -2.53. The lowest BCUT2D eigenvalue weighted by atomic mass is 10.2. The molecule has 0 amide bonds. The molecule has 1 atom stereocenters. The van der Waals surface area contributed by atoms with Gasteiger partial charge in [0.2, 0.25) is 6.29 Å². The van der Waals surface area contributed by atoms with Crippen molar-refractivity contribution < 1.29 is 24.1 Å². The Morgan fingerprint density at radius 1 is 1.05 bits per heavy atom. The monoisotopic (exact) mass is 288 g/mol. The Bertz CT molecular complexity index is 607. The van der Waals surface area contributed by atoms with Gasteiger partial charge in [0.05, 0.1) is 7.11 Å². The largest absolute Gasteiger partial charge is 0.508 e. The average molecular weight is 288 g/mol. The number of methoxy groups -OCH3 is 2. The van der Waals surface area contributed by atoms with Gasteiger partial charge in [-0.2, -0.15) is 0 Å². The quantitative estimate of drug-likeness (QED) is 0.654. The fourth-order valence-electron chi connectivity index (χ4n) is 1.85. The highest BCUT2D eigenvalue weighted by molar-refractivity contribution is 5.76. The fraction of sp³-hybridized carbons (Fsp3) is 0.188. The molecule has 0 fully saturated rings. The summed E-state index contributed by atoms with van der Waals surface area (Å²) < 4.78 is 16.3. The van der Waals surface area contributed by atoms with E-state index in [1.807, 2.05) is 0 Å². The van der Waals surface area contributed by atoms with Gasteiger partial charge in [-0.15, -0.1) is 0 Å². The van der Waals surface area contributed by atoms with Gasteiger partial charge in [0, 0.05) is 18.2 Å². The Morgan fingerprint density at radius 3 is 2.33 bits per heavy atom. The summed E-state index contributed by atoms with van der Waals surface area (Å²) >= 11 is 0. The van der Waals surface area contributed by atoms with Gasteiger partial charge in [0.1, 0.15) is 12.0 Å². The number of hydrogen-bond acceptors (Lipinski definition) is 5. The van der Waals surface area contributed by atoms with E-state index >= 15 is 0 Å². The summed E-state index contributed by atoms with van der Waals surface area (Å²) in [4.78, 5) is 10.8. The van der Waals surface area contributed by atoms with Crippen LogP contribution in [0.3, 0.4) is 0 Å². The minimum Gasteiger partial charge on any atom is -0.508 e. The van der Waals surface area contributed by atoms with Crippen LogP contribution in [-0.4, -0.2) is 25.6 Å². The lowest BCUT2D eigenvalue weighted by molar-refractivity contribution is -0.0574. The van der Waals surface area contributed by atoms with Crippen molar-refractivity contribution in [2.24, 2.45) is 0 Å². The van der Waals surface area contributed by atoms with Crippen LogP contribution < -0.4 is 9.47 Å². The smallest absolute Gasteiger partial charge is 0.226 e. The van der Waals surface area contributed by atoms with Crippen molar-refractivity contribution in [3.05, 3.63) is 53.6 Å². The van der Waals surface area contributed by atoms with E-state index in [1.165, 1.54) is 14.2 Å². The Labute approximate surface area is 122 Å². The van der Waals surface area contributed by atoms with Crippen LogP contribution in [0.2, 0.25) is 0 Å². The molecular weight excluding hydrogens is 272 g/mol. The molecule has 0 saturated carbocycles. The lowest BCUT2D eigenvalue weighted by Gasteiger charge is -2.19. The summed E-state index contributed by atoms with van der Waals surface area (Å²) in [6.07, 6.45) is 0.0849. The molecule has 2 aromatic rings. The summed E-state index contributed by atoms with van der Waals surface area (Å²) in [6.45, 7) is 0. The maximum absolute atomic E-state index is 10.8. The van der Waals surface area contributed by atoms with E-state index < -0.39 is 6.29 Å². The zero-order chi connectivity index (χ0) is 15.2. The number of rotatable bonds is 6. The van der Waals surface area contributed by atoms with Crippen molar-refractivity contribution in [1.29, 1.82) is 0 Å². The first-order valence-corrected chi connectivity index (χ1v) is 6.29. The van der Waals surface area contributed by atoms with Gasteiger partial charge in [0.25, 0.3) is 0 Å². The summed E-state index contributed by atoms with van der Waals surface area (Å²) in [5.74, 6) is 1.07. The van der Waals surface area contributed by atoms with E-state index in [-0.39, 0.29) is 5.75 Å². The van der Waals surface area contributed by atoms with Crippen molar-refractivity contribution in [2.75, 3.05) is 14.2 Å². The second-order valence-electron chi connectivity index (χ2n) is 4.31. The minimum atomic E-state index is -0.651. The van der Waals surface area contributed by atoms with Gasteiger partial charge in [-0.25, -0.2) is 0 Å². The fourth-order valence-corrected chi connectivity index (χ4v) is 1.85. The number of carbonyl (C=O) groups excluding carboxylic acids is 1. The summed E-state index contributed by atoms with van der Waals surface area (Å²) in [5.41, 5.74) is 1.25. The topological polar surface area (TPSA) is 65.0 Å². The van der Waals surface area contributed by atoms with Crippen LogP contribution in [-0.2, 0) is 4.74 Å². The number of benzene rings is 2. The first-order valence-electron chi connectivity index (χ1n) is 6.29. The normalized spacial score (nSPS) is 11.7. The summed E-state index contributed by atoms with van der Waals surface area (Å²) in [7, 11) is 3.02. The second kappa shape index (κ2) is 6.76. The summed E-state index contributed by atoms with van der Waals surface area (Å²) in [6, 6.07) is 11.4. The molecule has 0 aliphatic heterocycles. The molecule has 0 aliphatic rings. The first kappa shape index (κ1) is 14.9. The average Bonchev–Trinajstić information content (AvgIpc) is 2.53. The molecule has 2 rings (SSSR count). The molecular formula is C16H16O5. The van der Waals surface area contributed by atoms with Crippen LogP contribution in [0.4, 0.5) is 0 Å². The van der Waals surface area contributed by atoms with Crippen LogP contribution >= 0.6 is 0 Å². The van der Waals surface area contributed by atoms with Crippen LogP contribution in [0.1, 0.15) is 22.2 Å². The van der Waals surface area contributed by atoms with E-state index in [4.69, 9.17) is 14.2 Å². The predicted molar refractivity (Wildman–Crippen MR) is 76.9 cm³/mol. The Kier molecular flexibility index (Phi) is 4.79. The minimum absolute atomic E-state index is 0.168. The Balaban J connectivity index is 2.26. The highest BCUT2D eigenvalue weighted by Gasteiger charge is 2.15. The van der Waals surface area contributed by atoms with Gasteiger partial charge in [-0.3, -0.25) is 4.79 Å². The zero-order valence-electron chi connectivity index (χ0n) is 11.8. The number of aldehydes is 1. The number of carbonyl (C=O) groups is 1. The van der Waals surface area contributed by atoms with Crippen molar-refractivity contribution in [2.45, 2.75) is 6.29 Å². The standard InChI is InChI=1S/C16H16O5/c1-19-15-9-11(10-17)3-8-14(15)21-16(20-2)12-4-6-13(18)7-5-12/h3-10,16,18H,1-2H3. The van der Waals surface area contributed by atoms with Gasteiger partial charge in [-0.05, 0) is 42.5 Å². The van der Waals surface area contributed by atoms with Crippen LogP contribution in [0.5, 0.6) is 17.2 Å². The number of phenolic OH excluding ortho intramolecular Hbond substituents is 1. The van der Waals surface area contributed by atoms with Gasteiger partial charge in [0.15, 0.2) is 11.5 Å². The van der Waals surface area contributed by atoms with Crippen LogP contribution in [0.15, 0.2) is 42.5 Å². The van der Waals surface area contributed by atoms with Gasteiger partial charge < -0.3 is 19.3 Å². The van der Waals surface area contributed by atoms with Gasteiger partial charge >= 0.3 is 0 Å². The number of aromatic hydroxyl groups is 1. The molecule has 0 spiro atoms. The van der Waals surface area contributed by atoms with E-state index in [0.29, 0.717) is 17.1 Å². The SMILES string of the molecule is COc1cc(C=O)ccc1OC(OC)c1ccc(O)cc1. The molecule has 0 heterocycles. The molecule has 5 nitrogen and oxygen atoms in total. The molecule has 110 valence electrons. The first-order chi connectivity index (χ1) is 10.2. The molecule has 0 aliphatic carbocycles. The van der Waals surface area contributed by atoms with E-state index in [9.17, 15) is 9.90 Å². The third-order valence-corrected chi connectivity index (χ3v) is 2.94. The molecule has 0 aromatic heterocycles. The van der Waals surface area contributed by atoms with Crippen molar-refractivity contribution >= 4 is 6.29 Å². The van der Waals surface area contributed by atoms with E-state index in [1.54, 1.807) is 42.5 Å². The highest BCUT2D eigenvalue weighted by Crippen LogP contribution is 2.32. The molecule has 21 heavy (non-hydrogen) atoms. The van der Waals surface area contributed by atoms with Crippen molar-refractivity contribution in [1.82, 2.24) is 0 Å². The number of ether oxygens (including phenoxy) is 3. The third-order valence-electron chi connectivity index (χ3n) is 2.94. The zero-order valence-corrected chi connectivity index (χ0v) is 11.8. The van der Waals surface area contributed by atoms with Crippen molar-refractivity contribution in [3.63, 3.8) is 0 Å². The molecule has 2 aromatic carbocycles. The lowest BCUT2D eigenvalue weighted by Crippen LogP contribution is -2.10. The number of hydrogen-bond donors (Lipinski definition) is 1. The van der Waals surface area contributed by atoms with Crippen LogP contribution in [0.25, 0.3) is 0 Å². The molecule has 0 bridgehead atoms. The molecule has 5 heteroatoms. The maximum atomic E-state index is 10.8. The van der Waals surface area contributed by atoms with Crippen molar-refractivity contribution in [3.8, 4) is 17.2 Å². The molecule has 0 radical (unpaired) electrons. The molecule has 0 saturated heterocycles. The predicted octanol–water partition coefficient (Wildman–Crippen LogP) is 2.94. The van der Waals surface area contributed by atoms with E-state index in [2.05, 4.69) is 0 Å². The maximum Gasteiger partial charge on any atom is 0.226 e. The van der Waals surface area contributed by atoms with E-state index in [0.717, 1.165) is 11.8 Å².